The molecule has 124 valence electrons. The van der Waals surface area contributed by atoms with Gasteiger partial charge in [0.25, 0.3) is 5.91 Å². The van der Waals surface area contributed by atoms with E-state index in [1.807, 2.05) is 25.2 Å². The summed E-state index contributed by atoms with van der Waals surface area (Å²) in [5, 5.41) is 11.4. The first-order valence-corrected chi connectivity index (χ1v) is 7.83. The summed E-state index contributed by atoms with van der Waals surface area (Å²) in [6, 6.07) is 7.66. The van der Waals surface area contributed by atoms with Crippen molar-refractivity contribution in [3.05, 3.63) is 41.0 Å². The van der Waals surface area contributed by atoms with E-state index in [4.69, 9.17) is 11.6 Å². The van der Waals surface area contributed by atoms with Crippen LogP contribution in [0.1, 0.15) is 23.2 Å². The van der Waals surface area contributed by atoms with Gasteiger partial charge in [-0.25, -0.2) is 0 Å². The molecule has 1 amide bonds. The van der Waals surface area contributed by atoms with Crippen LogP contribution in [-0.4, -0.2) is 34.8 Å². The number of carbonyl (C=O) groups excluding carboxylic acids is 1. The second-order valence-electron chi connectivity index (χ2n) is 5.54. The fourth-order valence-electron chi connectivity index (χ4n) is 2.74. The van der Waals surface area contributed by atoms with Crippen LogP contribution in [0.2, 0.25) is 5.02 Å². The number of carbonyl (C=O) groups is 1. The summed E-state index contributed by atoms with van der Waals surface area (Å²) in [7, 11) is 1.81. The quantitative estimate of drug-likeness (QED) is 0.890. The number of hydrogen-bond donors (Lipinski definition) is 2. The van der Waals surface area contributed by atoms with E-state index < -0.39 is 0 Å². The third-order valence-corrected chi connectivity index (χ3v) is 4.21. The van der Waals surface area contributed by atoms with E-state index >= 15 is 0 Å². The summed E-state index contributed by atoms with van der Waals surface area (Å²) in [5.41, 5.74) is 1.97. The van der Waals surface area contributed by atoms with Crippen LogP contribution in [0.5, 0.6) is 0 Å². The zero-order valence-corrected chi connectivity index (χ0v) is 14.5. The zero-order chi connectivity index (χ0) is 15.5. The van der Waals surface area contributed by atoms with Crippen LogP contribution in [0.4, 0.5) is 0 Å². The molecule has 1 aliphatic heterocycles. The highest BCUT2D eigenvalue weighted by molar-refractivity contribution is 6.33. The highest BCUT2D eigenvalue weighted by atomic mass is 35.5. The van der Waals surface area contributed by atoms with Gasteiger partial charge in [-0.15, -0.1) is 12.4 Å². The van der Waals surface area contributed by atoms with E-state index in [9.17, 15) is 4.79 Å². The van der Waals surface area contributed by atoms with Gasteiger partial charge in [0.15, 0.2) is 0 Å². The summed E-state index contributed by atoms with van der Waals surface area (Å²) in [6.07, 6.45) is 3.65. The molecular formula is C16H20Cl2N4O. The molecule has 7 heteroatoms. The monoisotopic (exact) mass is 354 g/mol. The van der Waals surface area contributed by atoms with Crippen molar-refractivity contribution in [1.82, 2.24) is 20.4 Å². The number of aryl methyl sites for hydroxylation is 1. The van der Waals surface area contributed by atoms with Crippen molar-refractivity contribution in [2.45, 2.75) is 18.9 Å². The Hall–Kier alpha value is -1.56. The van der Waals surface area contributed by atoms with Gasteiger partial charge in [-0.2, -0.15) is 5.10 Å². The van der Waals surface area contributed by atoms with E-state index in [0.717, 1.165) is 31.5 Å². The van der Waals surface area contributed by atoms with Crippen molar-refractivity contribution in [2.24, 2.45) is 7.05 Å². The maximum Gasteiger partial charge on any atom is 0.255 e. The van der Waals surface area contributed by atoms with Crippen molar-refractivity contribution in [3.8, 4) is 11.3 Å². The third kappa shape index (κ3) is 4.05. The lowest BCUT2D eigenvalue weighted by molar-refractivity contribution is 0.0930. The molecule has 0 saturated carbocycles. The molecule has 23 heavy (non-hydrogen) atoms. The molecule has 1 aliphatic rings. The van der Waals surface area contributed by atoms with Gasteiger partial charge in [0.1, 0.15) is 5.69 Å². The first kappa shape index (κ1) is 17.8. The number of nitrogens with one attached hydrogen (secondary N) is 2. The molecule has 2 N–H and O–H groups in total. The molecule has 0 spiro atoms. The zero-order valence-electron chi connectivity index (χ0n) is 12.9. The number of halogens is 2. The van der Waals surface area contributed by atoms with Gasteiger partial charge in [-0.05, 0) is 32.0 Å². The molecule has 0 aliphatic carbocycles. The van der Waals surface area contributed by atoms with Gasteiger partial charge in [-0.1, -0.05) is 29.8 Å². The lowest BCUT2D eigenvalue weighted by Crippen LogP contribution is -2.42. The Balaban J connectivity index is 0.00000192. The summed E-state index contributed by atoms with van der Waals surface area (Å²) in [6.45, 7) is 1.88. The van der Waals surface area contributed by atoms with Crippen molar-refractivity contribution in [1.29, 1.82) is 0 Å². The van der Waals surface area contributed by atoms with Crippen LogP contribution in [0.25, 0.3) is 11.3 Å². The number of nitrogens with zero attached hydrogens (tertiary/aromatic N) is 2. The van der Waals surface area contributed by atoms with Crippen LogP contribution in [0.3, 0.4) is 0 Å². The van der Waals surface area contributed by atoms with Gasteiger partial charge in [0.05, 0.1) is 10.6 Å². The highest BCUT2D eigenvalue weighted by Gasteiger charge is 2.22. The second kappa shape index (κ2) is 7.81. The summed E-state index contributed by atoms with van der Waals surface area (Å²) in [4.78, 5) is 12.6. The maximum atomic E-state index is 12.6. The van der Waals surface area contributed by atoms with Crippen molar-refractivity contribution >= 4 is 29.9 Å². The van der Waals surface area contributed by atoms with Crippen LogP contribution in [0.15, 0.2) is 30.5 Å². The lowest BCUT2D eigenvalue weighted by Gasteiger charge is -2.23. The molecular weight excluding hydrogens is 335 g/mol. The number of hydrogen-bond acceptors (Lipinski definition) is 3. The molecule has 1 aromatic heterocycles. The molecule has 3 rings (SSSR count). The SMILES string of the molecule is Cl.Cn1cc(C(=O)NC2CCNCC2)c(-c2ccccc2Cl)n1. The fourth-order valence-corrected chi connectivity index (χ4v) is 2.96. The largest absolute Gasteiger partial charge is 0.349 e. The van der Waals surface area contributed by atoms with Crippen LogP contribution in [-0.2, 0) is 7.05 Å². The summed E-state index contributed by atoms with van der Waals surface area (Å²) >= 11 is 6.25. The van der Waals surface area contributed by atoms with Crippen LogP contribution >= 0.6 is 24.0 Å². The number of piperidine rings is 1. The Morgan fingerprint density at radius 1 is 1.35 bits per heavy atom. The number of aromatic nitrogens is 2. The van der Waals surface area contributed by atoms with Crippen molar-refractivity contribution in [3.63, 3.8) is 0 Å². The van der Waals surface area contributed by atoms with Crippen molar-refractivity contribution in [2.75, 3.05) is 13.1 Å². The maximum absolute atomic E-state index is 12.6. The van der Waals surface area contributed by atoms with E-state index in [1.54, 1.807) is 16.9 Å². The molecule has 1 fully saturated rings. The minimum Gasteiger partial charge on any atom is -0.349 e. The van der Waals surface area contributed by atoms with Gasteiger partial charge in [0.2, 0.25) is 0 Å². The molecule has 2 aromatic rings. The highest BCUT2D eigenvalue weighted by Crippen LogP contribution is 2.29. The second-order valence-corrected chi connectivity index (χ2v) is 5.95. The number of benzene rings is 1. The minimum atomic E-state index is -0.0880. The van der Waals surface area contributed by atoms with Gasteiger partial charge in [-0.3, -0.25) is 9.48 Å². The Kier molecular flexibility index (Phi) is 6.04. The van der Waals surface area contributed by atoms with Crippen LogP contribution in [0, 0.1) is 0 Å². The molecule has 2 heterocycles. The van der Waals surface area contributed by atoms with Crippen molar-refractivity contribution < 1.29 is 4.79 Å². The predicted molar refractivity (Wildman–Crippen MR) is 94.3 cm³/mol. The van der Waals surface area contributed by atoms with E-state index in [-0.39, 0.29) is 24.4 Å². The van der Waals surface area contributed by atoms with Gasteiger partial charge in [0, 0.05) is 24.8 Å². The number of rotatable bonds is 3. The molecule has 1 aromatic carbocycles. The van der Waals surface area contributed by atoms with Gasteiger partial charge >= 0.3 is 0 Å². The normalized spacial score (nSPS) is 15.0. The van der Waals surface area contributed by atoms with Crippen LogP contribution < -0.4 is 10.6 Å². The Bertz CT molecular complexity index is 680. The topological polar surface area (TPSA) is 59.0 Å². The standard InChI is InChI=1S/C16H19ClN4O.ClH/c1-21-10-13(16(22)19-11-6-8-18-9-7-11)15(20-21)12-4-2-3-5-14(12)17;/h2-5,10-11,18H,6-9H2,1H3,(H,19,22);1H. The smallest absolute Gasteiger partial charge is 0.255 e. The molecule has 0 bridgehead atoms. The lowest BCUT2D eigenvalue weighted by atomic mass is 10.0. The van der Waals surface area contributed by atoms with E-state index in [2.05, 4.69) is 15.7 Å². The molecule has 5 nitrogen and oxygen atoms in total. The van der Waals surface area contributed by atoms with Gasteiger partial charge < -0.3 is 10.6 Å². The average molecular weight is 355 g/mol. The average Bonchev–Trinajstić information content (AvgIpc) is 2.90. The summed E-state index contributed by atoms with van der Waals surface area (Å²) < 4.78 is 1.65. The minimum absolute atomic E-state index is 0. The first-order chi connectivity index (χ1) is 10.6. The fraction of sp³-hybridized carbons (Fsp3) is 0.375. The Labute approximate surface area is 146 Å². The van der Waals surface area contributed by atoms with E-state index in [0.29, 0.717) is 16.3 Å². The van der Waals surface area contributed by atoms with E-state index in [1.165, 1.54) is 0 Å². The summed E-state index contributed by atoms with van der Waals surface area (Å²) in [5.74, 6) is -0.0880. The Morgan fingerprint density at radius 2 is 2.04 bits per heavy atom. The first-order valence-electron chi connectivity index (χ1n) is 7.45. The molecule has 0 atom stereocenters. The Morgan fingerprint density at radius 3 is 2.74 bits per heavy atom. The molecule has 1 saturated heterocycles. The number of amides is 1. The third-order valence-electron chi connectivity index (χ3n) is 3.88. The molecule has 0 unspecified atom stereocenters. The predicted octanol–water partition coefficient (Wildman–Crippen LogP) is 2.64. The molecule has 0 radical (unpaired) electrons.